The van der Waals surface area contributed by atoms with E-state index in [1.54, 1.807) is 13.8 Å². The first-order chi connectivity index (χ1) is 15.3. The van der Waals surface area contributed by atoms with Crippen LogP contribution in [-0.4, -0.2) is 35.4 Å². The van der Waals surface area contributed by atoms with Crippen molar-refractivity contribution in [1.29, 1.82) is 0 Å². The Bertz CT molecular complexity index is 1080. The molecule has 32 heavy (non-hydrogen) atoms. The third-order valence-electron chi connectivity index (χ3n) is 4.48. The molecule has 3 aromatic rings. The number of hydrogen-bond acceptors (Lipinski definition) is 6. The van der Waals surface area contributed by atoms with E-state index in [0.717, 1.165) is 23.4 Å². The highest BCUT2D eigenvalue weighted by Gasteiger charge is 2.27. The molecule has 1 atom stereocenters. The molecule has 2 amide bonds. The number of halogens is 1. The Morgan fingerprint density at radius 2 is 1.75 bits per heavy atom. The van der Waals surface area contributed by atoms with Crippen LogP contribution < -0.4 is 10.6 Å². The lowest BCUT2D eigenvalue weighted by Gasteiger charge is -2.20. The lowest BCUT2D eigenvalue weighted by Crippen LogP contribution is -2.45. The van der Waals surface area contributed by atoms with Gasteiger partial charge in [-0.2, -0.15) is 0 Å². The van der Waals surface area contributed by atoms with E-state index in [-0.39, 0.29) is 11.5 Å². The second-order valence-corrected chi connectivity index (χ2v) is 8.12. The number of esters is 1. The maximum Gasteiger partial charge on any atom is 0.329 e. The predicted molar refractivity (Wildman–Crippen MR) is 120 cm³/mol. The summed E-state index contributed by atoms with van der Waals surface area (Å²) in [5.41, 5.74) is 1.86. The number of benzene rings is 2. The summed E-state index contributed by atoms with van der Waals surface area (Å²) in [7, 11) is 0. The number of carbonyl (C=O) groups is 3. The second-order valence-electron chi connectivity index (χ2n) is 7.26. The lowest BCUT2D eigenvalue weighted by atomic mass is 10.0. The molecule has 2 aromatic carbocycles. The molecule has 166 valence electrons. The highest BCUT2D eigenvalue weighted by atomic mass is 32.1. The molecular weight excluding hydrogens is 433 g/mol. The van der Waals surface area contributed by atoms with E-state index in [1.807, 2.05) is 35.7 Å². The van der Waals surface area contributed by atoms with Gasteiger partial charge in [0.05, 0.1) is 5.69 Å². The number of hydrogen-bond donors (Lipinski definition) is 2. The van der Waals surface area contributed by atoms with Gasteiger partial charge in [0.15, 0.2) is 11.7 Å². The van der Waals surface area contributed by atoms with Gasteiger partial charge in [0.1, 0.15) is 11.9 Å². The Hall–Kier alpha value is -3.59. The zero-order valence-electron chi connectivity index (χ0n) is 17.5. The number of amides is 2. The fourth-order valence-electron chi connectivity index (χ4n) is 2.78. The summed E-state index contributed by atoms with van der Waals surface area (Å²) in [4.78, 5) is 41.3. The van der Waals surface area contributed by atoms with E-state index in [4.69, 9.17) is 4.74 Å². The van der Waals surface area contributed by atoms with Gasteiger partial charge in [-0.05, 0) is 30.2 Å². The number of rotatable bonds is 8. The van der Waals surface area contributed by atoms with E-state index in [2.05, 4.69) is 15.6 Å². The van der Waals surface area contributed by atoms with Crippen LogP contribution in [0.25, 0.3) is 11.3 Å². The third-order valence-corrected chi connectivity index (χ3v) is 5.24. The van der Waals surface area contributed by atoms with Crippen LogP contribution in [0.2, 0.25) is 0 Å². The van der Waals surface area contributed by atoms with Gasteiger partial charge in [-0.25, -0.2) is 14.2 Å². The first-order valence-electron chi connectivity index (χ1n) is 9.87. The number of aromatic nitrogens is 1. The Labute approximate surface area is 188 Å². The molecule has 0 aliphatic carbocycles. The van der Waals surface area contributed by atoms with Crippen LogP contribution in [0.1, 0.15) is 24.2 Å². The van der Waals surface area contributed by atoms with Gasteiger partial charge in [0.2, 0.25) is 0 Å². The van der Waals surface area contributed by atoms with Crippen molar-refractivity contribution in [1.82, 2.24) is 10.3 Å². The van der Waals surface area contributed by atoms with Crippen molar-refractivity contribution in [2.24, 2.45) is 5.92 Å². The Kier molecular flexibility index (Phi) is 7.67. The van der Waals surface area contributed by atoms with E-state index < -0.39 is 36.2 Å². The highest BCUT2D eigenvalue weighted by Crippen LogP contribution is 2.24. The number of thiazole rings is 1. The van der Waals surface area contributed by atoms with E-state index in [1.165, 1.54) is 23.5 Å². The molecule has 3 rings (SSSR count). The zero-order chi connectivity index (χ0) is 23.1. The van der Waals surface area contributed by atoms with Crippen LogP contribution >= 0.6 is 11.3 Å². The van der Waals surface area contributed by atoms with Crippen LogP contribution in [0, 0.1) is 11.7 Å². The normalized spacial score (nSPS) is 11.6. The number of nitrogens with zero attached hydrogens (tertiary/aromatic N) is 1. The van der Waals surface area contributed by atoms with Crippen LogP contribution in [-0.2, 0) is 14.3 Å². The highest BCUT2D eigenvalue weighted by molar-refractivity contribution is 7.14. The molecule has 7 nitrogen and oxygen atoms in total. The van der Waals surface area contributed by atoms with Gasteiger partial charge in [-0.15, -0.1) is 11.3 Å². The first-order valence-corrected chi connectivity index (χ1v) is 10.8. The largest absolute Gasteiger partial charge is 0.454 e. The molecular formula is C23H22FN3O4S. The minimum atomic E-state index is -0.968. The smallest absolute Gasteiger partial charge is 0.329 e. The first kappa shape index (κ1) is 23.1. The minimum Gasteiger partial charge on any atom is -0.454 e. The predicted octanol–water partition coefficient (Wildman–Crippen LogP) is 3.89. The third kappa shape index (κ3) is 6.21. The van der Waals surface area contributed by atoms with Crippen molar-refractivity contribution in [2.75, 3.05) is 11.9 Å². The fourth-order valence-corrected chi connectivity index (χ4v) is 3.51. The monoisotopic (exact) mass is 455 g/mol. The Balaban J connectivity index is 1.53. The van der Waals surface area contributed by atoms with Crippen molar-refractivity contribution >= 4 is 34.3 Å². The number of nitrogens with one attached hydrogen (secondary N) is 2. The van der Waals surface area contributed by atoms with Gasteiger partial charge in [0, 0.05) is 16.5 Å². The fraction of sp³-hybridized carbons (Fsp3) is 0.217. The van der Waals surface area contributed by atoms with Crippen molar-refractivity contribution in [3.63, 3.8) is 0 Å². The standard InChI is InChI=1S/C23H22FN3O4S/c1-14(2)20(27-21(29)16-8-10-17(24)11-9-16)22(30)31-12-19(28)26-23-25-18(13-32-23)15-6-4-3-5-7-15/h3-11,13-14,20H,12H2,1-2H3,(H,27,29)(H,25,26,28). The number of anilines is 1. The summed E-state index contributed by atoms with van der Waals surface area (Å²) < 4.78 is 18.1. The summed E-state index contributed by atoms with van der Waals surface area (Å²) in [5, 5.41) is 7.37. The van der Waals surface area contributed by atoms with Gasteiger partial charge in [-0.3, -0.25) is 14.9 Å². The molecule has 0 aliphatic heterocycles. The van der Waals surface area contributed by atoms with Gasteiger partial charge >= 0.3 is 5.97 Å². The van der Waals surface area contributed by atoms with Crippen molar-refractivity contribution in [2.45, 2.75) is 19.9 Å². The van der Waals surface area contributed by atoms with E-state index in [0.29, 0.717) is 5.13 Å². The van der Waals surface area contributed by atoms with Crippen molar-refractivity contribution in [3.8, 4) is 11.3 Å². The van der Waals surface area contributed by atoms with E-state index >= 15 is 0 Å². The molecule has 1 aromatic heterocycles. The van der Waals surface area contributed by atoms with Gasteiger partial charge < -0.3 is 10.1 Å². The summed E-state index contributed by atoms with van der Waals surface area (Å²) in [6.45, 7) is 2.95. The zero-order valence-corrected chi connectivity index (χ0v) is 18.3. The molecule has 0 fully saturated rings. The molecule has 0 aliphatic rings. The maximum absolute atomic E-state index is 13.0. The molecule has 2 N–H and O–H groups in total. The second kappa shape index (κ2) is 10.6. The minimum absolute atomic E-state index is 0.209. The Morgan fingerprint density at radius 1 is 1.06 bits per heavy atom. The molecule has 1 heterocycles. The van der Waals surface area contributed by atoms with Gasteiger partial charge in [-0.1, -0.05) is 44.2 Å². The van der Waals surface area contributed by atoms with Crippen molar-refractivity contribution < 1.29 is 23.5 Å². The SMILES string of the molecule is CC(C)C(NC(=O)c1ccc(F)cc1)C(=O)OCC(=O)Nc1nc(-c2ccccc2)cs1. The number of carbonyl (C=O) groups excluding carboxylic acids is 3. The molecule has 0 radical (unpaired) electrons. The average Bonchev–Trinajstić information content (AvgIpc) is 3.25. The topological polar surface area (TPSA) is 97.4 Å². The molecule has 0 bridgehead atoms. The Morgan fingerprint density at radius 3 is 2.41 bits per heavy atom. The van der Waals surface area contributed by atoms with Crippen LogP contribution in [0.4, 0.5) is 9.52 Å². The van der Waals surface area contributed by atoms with Crippen LogP contribution in [0.3, 0.4) is 0 Å². The average molecular weight is 456 g/mol. The molecule has 1 unspecified atom stereocenters. The summed E-state index contributed by atoms with van der Waals surface area (Å²) in [6, 6.07) is 13.5. The van der Waals surface area contributed by atoms with Crippen LogP contribution in [0.15, 0.2) is 60.0 Å². The number of ether oxygens (including phenoxy) is 1. The van der Waals surface area contributed by atoms with Crippen molar-refractivity contribution in [3.05, 3.63) is 71.4 Å². The quantitative estimate of drug-likeness (QED) is 0.503. The lowest BCUT2D eigenvalue weighted by molar-refractivity contribution is -0.150. The molecule has 9 heteroatoms. The van der Waals surface area contributed by atoms with Gasteiger partial charge in [0.25, 0.3) is 11.8 Å². The maximum atomic E-state index is 13.0. The molecule has 0 saturated carbocycles. The summed E-state index contributed by atoms with van der Waals surface area (Å²) >= 11 is 1.26. The van der Waals surface area contributed by atoms with Crippen LogP contribution in [0.5, 0.6) is 0 Å². The summed E-state index contributed by atoms with van der Waals surface area (Å²) in [5.74, 6) is -2.58. The molecule has 0 saturated heterocycles. The van der Waals surface area contributed by atoms with E-state index in [9.17, 15) is 18.8 Å². The summed E-state index contributed by atoms with van der Waals surface area (Å²) in [6.07, 6.45) is 0. The molecule has 0 spiro atoms.